The maximum Gasteiger partial charge on any atom is 0.308 e. The maximum atomic E-state index is 12.2. The molecule has 0 saturated carbocycles. The first kappa shape index (κ1) is 19.7. The van der Waals surface area contributed by atoms with Crippen LogP contribution in [-0.2, 0) is 26.8 Å². The standard InChI is InChI=1S/C19H21NO5S/c1-26(24,25)13-15-7-9-16(10-8-15)18(21)20-12-17(19(22)23)11-14-5-3-2-4-6-14/h2-10,17H,11-13H2,1H3,(H,20,21)(H,22,23). The van der Waals surface area contributed by atoms with E-state index in [0.29, 0.717) is 17.5 Å². The largest absolute Gasteiger partial charge is 0.481 e. The first-order valence-corrected chi connectivity index (χ1v) is 10.1. The van der Waals surface area contributed by atoms with Crippen molar-refractivity contribution < 1.29 is 23.1 Å². The number of carbonyl (C=O) groups is 2. The molecule has 1 atom stereocenters. The maximum absolute atomic E-state index is 12.2. The molecule has 138 valence electrons. The highest BCUT2D eigenvalue weighted by molar-refractivity contribution is 7.89. The second-order valence-electron chi connectivity index (χ2n) is 6.20. The number of amides is 1. The molecule has 0 heterocycles. The first-order chi connectivity index (χ1) is 12.2. The highest BCUT2D eigenvalue weighted by Gasteiger charge is 2.19. The minimum Gasteiger partial charge on any atom is -0.481 e. The number of benzene rings is 2. The Morgan fingerprint density at radius 2 is 1.62 bits per heavy atom. The van der Waals surface area contributed by atoms with Crippen molar-refractivity contribution in [3.63, 3.8) is 0 Å². The van der Waals surface area contributed by atoms with Crippen LogP contribution in [0.3, 0.4) is 0 Å². The molecule has 26 heavy (non-hydrogen) atoms. The summed E-state index contributed by atoms with van der Waals surface area (Å²) in [6.07, 6.45) is 1.47. The van der Waals surface area contributed by atoms with Crippen molar-refractivity contribution in [1.29, 1.82) is 0 Å². The summed E-state index contributed by atoms with van der Waals surface area (Å²) in [5.41, 5.74) is 1.84. The van der Waals surface area contributed by atoms with Crippen LogP contribution in [0.5, 0.6) is 0 Å². The van der Waals surface area contributed by atoms with E-state index in [1.807, 2.05) is 30.3 Å². The van der Waals surface area contributed by atoms with Crippen molar-refractivity contribution >= 4 is 21.7 Å². The molecule has 0 bridgehead atoms. The molecule has 0 radical (unpaired) electrons. The summed E-state index contributed by atoms with van der Waals surface area (Å²) in [7, 11) is -3.14. The van der Waals surface area contributed by atoms with E-state index in [0.717, 1.165) is 11.8 Å². The van der Waals surface area contributed by atoms with Crippen molar-refractivity contribution in [2.45, 2.75) is 12.2 Å². The lowest BCUT2D eigenvalue weighted by molar-refractivity contribution is -0.141. The zero-order valence-corrected chi connectivity index (χ0v) is 15.2. The minimum absolute atomic E-state index is 0.00809. The Morgan fingerprint density at radius 1 is 1.00 bits per heavy atom. The SMILES string of the molecule is CS(=O)(=O)Cc1ccc(C(=O)NCC(Cc2ccccc2)C(=O)O)cc1. The second-order valence-corrected chi connectivity index (χ2v) is 8.34. The van der Waals surface area contributed by atoms with Gasteiger partial charge in [0, 0.05) is 18.4 Å². The Labute approximate surface area is 152 Å². The van der Waals surface area contributed by atoms with Gasteiger partial charge in [0.25, 0.3) is 5.91 Å². The average Bonchev–Trinajstić information content (AvgIpc) is 2.58. The van der Waals surface area contributed by atoms with Gasteiger partial charge in [0.1, 0.15) is 0 Å². The highest BCUT2D eigenvalue weighted by Crippen LogP contribution is 2.10. The van der Waals surface area contributed by atoms with E-state index in [-0.39, 0.29) is 12.3 Å². The Kier molecular flexibility index (Phi) is 6.52. The molecule has 2 N–H and O–H groups in total. The van der Waals surface area contributed by atoms with Crippen LogP contribution in [0.1, 0.15) is 21.5 Å². The summed E-state index contributed by atoms with van der Waals surface area (Å²) in [6, 6.07) is 15.4. The minimum atomic E-state index is -3.14. The molecule has 7 heteroatoms. The molecular formula is C19H21NO5S. The van der Waals surface area contributed by atoms with Crippen molar-refractivity contribution in [1.82, 2.24) is 5.32 Å². The van der Waals surface area contributed by atoms with Gasteiger partial charge in [0.15, 0.2) is 9.84 Å². The fourth-order valence-electron chi connectivity index (χ4n) is 2.52. The van der Waals surface area contributed by atoms with Gasteiger partial charge >= 0.3 is 5.97 Å². The molecule has 0 aliphatic rings. The smallest absolute Gasteiger partial charge is 0.308 e. The number of aliphatic carboxylic acids is 1. The lowest BCUT2D eigenvalue weighted by atomic mass is 9.99. The zero-order chi connectivity index (χ0) is 19.2. The van der Waals surface area contributed by atoms with Crippen molar-refractivity contribution in [3.8, 4) is 0 Å². The van der Waals surface area contributed by atoms with Crippen LogP contribution in [0.2, 0.25) is 0 Å². The van der Waals surface area contributed by atoms with Crippen LogP contribution in [0, 0.1) is 5.92 Å². The van der Waals surface area contributed by atoms with E-state index in [1.54, 1.807) is 12.1 Å². The third-order valence-electron chi connectivity index (χ3n) is 3.83. The summed E-state index contributed by atoms with van der Waals surface area (Å²) in [4.78, 5) is 23.6. The van der Waals surface area contributed by atoms with Crippen LogP contribution >= 0.6 is 0 Å². The van der Waals surface area contributed by atoms with E-state index < -0.39 is 27.6 Å². The Balaban J connectivity index is 1.96. The molecule has 6 nitrogen and oxygen atoms in total. The van der Waals surface area contributed by atoms with Gasteiger partial charge in [0.2, 0.25) is 0 Å². The molecule has 0 saturated heterocycles. The molecule has 0 aliphatic heterocycles. The van der Waals surface area contributed by atoms with Crippen molar-refractivity contribution in [2.75, 3.05) is 12.8 Å². The van der Waals surface area contributed by atoms with Gasteiger partial charge in [-0.1, -0.05) is 42.5 Å². The molecule has 0 fully saturated rings. The number of rotatable bonds is 8. The first-order valence-electron chi connectivity index (χ1n) is 8.06. The van der Waals surface area contributed by atoms with Gasteiger partial charge in [-0.05, 0) is 29.7 Å². The van der Waals surface area contributed by atoms with Gasteiger partial charge in [-0.2, -0.15) is 0 Å². The normalized spacial score (nSPS) is 12.3. The zero-order valence-electron chi connectivity index (χ0n) is 14.4. The Morgan fingerprint density at radius 3 is 2.15 bits per heavy atom. The van der Waals surface area contributed by atoms with E-state index >= 15 is 0 Å². The summed E-state index contributed by atoms with van der Waals surface area (Å²) < 4.78 is 22.6. The van der Waals surface area contributed by atoms with Crippen LogP contribution < -0.4 is 5.32 Å². The number of carboxylic acids is 1. The van der Waals surface area contributed by atoms with E-state index in [2.05, 4.69) is 5.32 Å². The molecule has 2 rings (SSSR count). The van der Waals surface area contributed by atoms with Crippen LogP contribution in [0.15, 0.2) is 54.6 Å². The average molecular weight is 375 g/mol. The highest BCUT2D eigenvalue weighted by atomic mass is 32.2. The molecule has 2 aromatic carbocycles. The second kappa shape index (κ2) is 8.62. The number of hydrogen-bond acceptors (Lipinski definition) is 4. The molecule has 0 aromatic heterocycles. The van der Waals surface area contributed by atoms with E-state index in [9.17, 15) is 23.1 Å². The van der Waals surface area contributed by atoms with E-state index in [4.69, 9.17) is 0 Å². The molecule has 2 aromatic rings. The van der Waals surface area contributed by atoms with Gasteiger partial charge in [-0.25, -0.2) is 8.42 Å². The third-order valence-corrected chi connectivity index (χ3v) is 4.69. The number of nitrogens with one attached hydrogen (secondary N) is 1. The summed E-state index contributed by atoms with van der Waals surface area (Å²) >= 11 is 0. The lowest BCUT2D eigenvalue weighted by Gasteiger charge is -2.14. The molecule has 1 amide bonds. The molecule has 1 unspecified atom stereocenters. The van der Waals surface area contributed by atoms with Crippen molar-refractivity contribution in [3.05, 3.63) is 71.3 Å². The van der Waals surface area contributed by atoms with Gasteiger partial charge < -0.3 is 10.4 Å². The Bertz CT molecular complexity index is 861. The Hall–Kier alpha value is -2.67. The number of hydrogen-bond donors (Lipinski definition) is 2. The predicted molar refractivity (Wildman–Crippen MR) is 98.6 cm³/mol. The van der Waals surface area contributed by atoms with E-state index in [1.165, 1.54) is 12.1 Å². The molecule has 0 aliphatic carbocycles. The summed E-state index contributed by atoms with van der Waals surface area (Å²) in [5, 5.41) is 12.0. The van der Waals surface area contributed by atoms with Gasteiger partial charge in [-0.15, -0.1) is 0 Å². The quantitative estimate of drug-likeness (QED) is 0.734. The number of sulfone groups is 1. The van der Waals surface area contributed by atoms with Crippen LogP contribution in [-0.4, -0.2) is 38.2 Å². The molecular weight excluding hydrogens is 354 g/mol. The number of carbonyl (C=O) groups excluding carboxylic acids is 1. The monoisotopic (exact) mass is 375 g/mol. The number of carboxylic acid groups (broad SMARTS) is 1. The summed E-state index contributed by atoms with van der Waals surface area (Å²) in [5.74, 6) is -2.19. The van der Waals surface area contributed by atoms with Crippen molar-refractivity contribution in [2.24, 2.45) is 5.92 Å². The van der Waals surface area contributed by atoms with Crippen LogP contribution in [0.4, 0.5) is 0 Å². The third kappa shape index (κ3) is 6.33. The summed E-state index contributed by atoms with van der Waals surface area (Å²) in [6.45, 7) is 0.00809. The topological polar surface area (TPSA) is 101 Å². The van der Waals surface area contributed by atoms with Crippen LogP contribution in [0.25, 0.3) is 0 Å². The van der Waals surface area contributed by atoms with Gasteiger partial charge in [-0.3, -0.25) is 9.59 Å². The fourth-order valence-corrected chi connectivity index (χ4v) is 3.32. The predicted octanol–water partition coefficient (Wildman–Crippen LogP) is 1.90. The fraction of sp³-hybridized carbons (Fsp3) is 0.263. The lowest BCUT2D eigenvalue weighted by Crippen LogP contribution is -2.34. The van der Waals surface area contributed by atoms with Gasteiger partial charge in [0.05, 0.1) is 11.7 Å². The molecule has 0 spiro atoms.